The summed E-state index contributed by atoms with van der Waals surface area (Å²) in [7, 11) is 0. The van der Waals surface area contributed by atoms with E-state index in [1.54, 1.807) is 6.20 Å². The van der Waals surface area contributed by atoms with Crippen LogP contribution in [0, 0.1) is 6.92 Å². The highest BCUT2D eigenvalue weighted by atomic mass is 16.1. The Morgan fingerprint density at radius 2 is 2.36 bits per heavy atom. The predicted molar refractivity (Wildman–Crippen MR) is 82.2 cm³/mol. The van der Waals surface area contributed by atoms with E-state index >= 15 is 0 Å². The second-order valence-corrected chi connectivity index (χ2v) is 5.49. The summed E-state index contributed by atoms with van der Waals surface area (Å²) < 4.78 is 1.86. The first-order chi connectivity index (χ1) is 10.7. The van der Waals surface area contributed by atoms with Crippen molar-refractivity contribution in [2.75, 3.05) is 5.32 Å². The fourth-order valence-corrected chi connectivity index (χ4v) is 2.67. The largest absolute Gasteiger partial charge is 0.349 e. The first-order valence-corrected chi connectivity index (χ1v) is 7.53. The van der Waals surface area contributed by atoms with Gasteiger partial charge in [0.25, 0.3) is 0 Å². The maximum atomic E-state index is 11.8. The number of amides is 1. The summed E-state index contributed by atoms with van der Waals surface area (Å²) in [5.74, 6) is 0.659. The molecule has 1 aliphatic heterocycles. The first kappa shape index (κ1) is 14.5. The Labute approximate surface area is 129 Å². The zero-order valence-corrected chi connectivity index (χ0v) is 12.8. The van der Waals surface area contributed by atoms with Crippen molar-refractivity contribution in [3.05, 3.63) is 35.9 Å². The lowest BCUT2D eigenvalue weighted by atomic mass is 9.94. The topological polar surface area (TPSA) is 84.7 Å². The zero-order chi connectivity index (χ0) is 15.5. The van der Waals surface area contributed by atoms with Gasteiger partial charge in [0.15, 0.2) is 0 Å². The van der Waals surface area contributed by atoms with E-state index in [0.717, 1.165) is 24.2 Å². The molecule has 3 rings (SSSR count). The smallest absolute Gasteiger partial charge is 0.223 e. The highest BCUT2D eigenvalue weighted by molar-refractivity contribution is 5.77. The Hall–Kier alpha value is -2.44. The molecule has 1 amide bonds. The zero-order valence-electron chi connectivity index (χ0n) is 12.8. The molecule has 1 aliphatic rings. The van der Waals surface area contributed by atoms with Crippen LogP contribution in [0.5, 0.6) is 0 Å². The summed E-state index contributed by atoms with van der Waals surface area (Å²) in [6.45, 7) is 4.77. The van der Waals surface area contributed by atoms with Gasteiger partial charge in [-0.25, -0.2) is 9.97 Å². The molecule has 0 aliphatic carbocycles. The normalized spacial score (nSPS) is 21.5. The molecule has 0 aromatic carbocycles. The molecule has 0 spiro atoms. The molecule has 0 unspecified atom stereocenters. The lowest BCUT2D eigenvalue weighted by Gasteiger charge is -2.32. The van der Waals surface area contributed by atoms with Crippen LogP contribution in [0.4, 0.5) is 5.95 Å². The SMILES string of the molecule is CCn1cc([C@@H]2NC(=O)CC[C@H]2Nc2nccc(C)n2)cn1. The monoisotopic (exact) mass is 300 g/mol. The van der Waals surface area contributed by atoms with Gasteiger partial charge >= 0.3 is 0 Å². The van der Waals surface area contributed by atoms with Crippen molar-refractivity contribution < 1.29 is 4.79 Å². The van der Waals surface area contributed by atoms with Crippen molar-refractivity contribution >= 4 is 11.9 Å². The van der Waals surface area contributed by atoms with Crippen molar-refractivity contribution in [3.63, 3.8) is 0 Å². The minimum absolute atomic E-state index is 0.0500. The summed E-state index contributed by atoms with van der Waals surface area (Å²) in [4.78, 5) is 20.4. The van der Waals surface area contributed by atoms with E-state index < -0.39 is 0 Å². The van der Waals surface area contributed by atoms with Crippen LogP contribution in [0.2, 0.25) is 0 Å². The average Bonchev–Trinajstić information content (AvgIpc) is 2.98. The molecule has 0 radical (unpaired) electrons. The Morgan fingerprint density at radius 1 is 1.50 bits per heavy atom. The van der Waals surface area contributed by atoms with E-state index in [0.29, 0.717) is 12.4 Å². The minimum atomic E-state index is -0.120. The first-order valence-electron chi connectivity index (χ1n) is 7.53. The number of carbonyl (C=O) groups is 1. The molecule has 3 heterocycles. The maximum Gasteiger partial charge on any atom is 0.223 e. The Kier molecular flexibility index (Phi) is 4.04. The lowest BCUT2D eigenvalue weighted by Crippen LogP contribution is -2.45. The second-order valence-electron chi connectivity index (χ2n) is 5.49. The number of rotatable bonds is 4. The highest BCUT2D eigenvalue weighted by Gasteiger charge is 2.31. The molecule has 2 N–H and O–H groups in total. The molecule has 7 heteroatoms. The molecule has 1 saturated heterocycles. The number of carbonyl (C=O) groups excluding carboxylic acids is 1. The molecule has 116 valence electrons. The Morgan fingerprint density at radius 3 is 3.09 bits per heavy atom. The van der Waals surface area contributed by atoms with Gasteiger partial charge in [-0.1, -0.05) is 0 Å². The number of piperidine rings is 1. The summed E-state index contributed by atoms with van der Waals surface area (Å²) in [6, 6.07) is 1.79. The summed E-state index contributed by atoms with van der Waals surface area (Å²) >= 11 is 0. The van der Waals surface area contributed by atoms with Gasteiger partial charge in [0.2, 0.25) is 11.9 Å². The molecule has 0 saturated carbocycles. The number of nitrogens with one attached hydrogen (secondary N) is 2. The van der Waals surface area contributed by atoms with E-state index in [1.165, 1.54) is 0 Å². The van der Waals surface area contributed by atoms with Crippen molar-refractivity contribution in [1.82, 2.24) is 25.1 Å². The average molecular weight is 300 g/mol. The van der Waals surface area contributed by atoms with Crippen LogP contribution in [0.25, 0.3) is 0 Å². The fraction of sp³-hybridized carbons (Fsp3) is 0.467. The van der Waals surface area contributed by atoms with Gasteiger partial charge in [0, 0.05) is 36.6 Å². The van der Waals surface area contributed by atoms with Gasteiger partial charge in [-0.15, -0.1) is 0 Å². The predicted octanol–water partition coefficient (Wildman–Crippen LogP) is 1.43. The second kappa shape index (κ2) is 6.13. The number of nitrogens with zero attached hydrogens (tertiary/aromatic N) is 4. The number of aryl methyl sites for hydroxylation is 2. The minimum Gasteiger partial charge on any atom is -0.349 e. The summed E-state index contributed by atoms with van der Waals surface area (Å²) in [5, 5.41) is 10.7. The maximum absolute atomic E-state index is 11.8. The number of aromatic nitrogens is 4. The molecule has 0 bridgehead atoms. The summed E-state index contributed by atoms with van der Waals surface area (Å²) in [5.41, 5.74) is 1.91. The molecular weight excluding hydrogens is 280 g/mol. The Balaban J connectivity index is 1.82. The molecule has 22 heavy (non-hydrogen) atoms. The molecule has 2 aromatic rings. The van der Waals surface area contributed by atoms with Gasteiger partial charge in [-0.3, -0.25) is 9.48 Å². The van der Waals surface area contributed by atoms with Gasteiger partial charge in [0.1, 0.15) is 0 Å². The number of anilines is 1. The van der Waals surface area contributed by atoms with Gasteiger partial charge < -0.3 is 10.6 Å². The van der Waals surface area contributed by atoms with E-state index in [-0.39, 0.29) is 18.0 Å². The van der Waals surface area contributed by atoms with Gasteiger partial charge in [0.05, 0.1) is 18.3 Å². The fourth-order valence-electron chi connectivity index (χ4n) is 2.67. The van der Waals surface area contributed by atoms with Crippen molar-refractivity contribution in [1.29, 1.82) is 0 Å². The van der Waals surface area contributed by atoms with E-state index in [4.69, 9.17) is 0 Å². The standard InChI is InChI=1S/C15H20N6O/c1-3-21-9-11(8-17-21)14-12(4-5-13(22)20-14)19-15-16-7-6-10(2)18-15/h6-9,12,14H,3-5H2,1-2H3,(H,20,22)(H,16,18,19)/t12-,14+/m1/s1. The van der Waals surface area contributed by atoms with Crippen LogP contribution in [0.3, 0.4) is 0 Å². The van der Waals surface area contributed by atoms with Gasteiger partial charge in [-0.05, 0) is 26.3 Å². The quantitative estimate of drug-likeness (QED) is 0.892. The van der Waals surface area contributed by atoms with E-state index in [2.05, 4.69) is 25.7 Å². The highest BCUT2D eigenvalue weighted by Crippen LogP contribution is 2.26. The van der Waals surface area contributed by atoms with Crippen LogP contribution in [-0.4, -0.2) is 31.7 Å². The molecule has 1 fully saturated rings. The van der Waals surface area contributed by atoms with Crippen molar-refractivity contribution in [3.8, 4) is 0 Å². The number of hydrogen-bond acceptors (Lipinski definition) is 5. The van der Waals surface area contributed by atoms with Crippen LogP contribution in [0.1, 0.15) is 37.1 Å². The van der Waals surface area contributed by atoms with E-state index in [1.807, 2.05) is 37.0 Å². The van der Waals surface area contributed by atoms with Crippen LogP contribution >= 0.6 is 0 Å². The Bertz CT molecular complexity index is 668. The molecule has 7 nitrogen and oxygen atoms in total. The van der Waals surface area contributed by atoms with E-state index in [9.17, 15) is 4.79 Å². The third-order valence-electron chi connectivity index (χ3n) is 3.85. The lowest BCUT2D eigenvalue weighted by molar-refractivity contribution is -0.123. The van der Waals surface area contributed by atoms with Crippen molar-refractivity contribution in [2.24, 2.45) is 0 Å². The van der Waals surface area contributed by atoms with Crippen molar-refractivity contribution in [2.45, 2.75) is 45.3 Å². The third-order valence-corrected chi connectivity index (χ3v) is 3.85. The number of hydrogen-bond donors (Lipinski definition) is 2. The van der Waals surface area contributed by atoms with Gasteiger partial charge in [-0.2, -0.15) is 5.10 Å². The molecular formula is C15H20N6O. The third kappa shape index (κ3) is 3.08. The molecule has 2 aromatic heterocycles. The molecule has 2 atom stereocenters. The van der Waals surface area contributed by atoms with Crippen LogP contribution < -0.4 is 10.6 Å². The van der Waals surface area contributed by atoms with Crippen LogP contribution in [-0.2, 0) is 11.3 Å². The summed E-state index contributed by atoms with van der Waals surface area (Å²) in [6.07, 6.45) is 6.76. The van der Waals surface area contributed by atoms with Crippen LogP contribution in [0.15, 0.2) is 24.7 Å².